The van der Waals surface area contributed by atoms with E-state index in [1.54, 1.807) is 35.2 Å². The van der Waals surface area contributed by atoms with Crippen molar-refractivity contribution in [1.82, 2.24) is 4.90 Å². The molecule has 3 rings (SSSR count). The van der Waals surface area contributed by atoms with Crippen LogP contribution in [-0.2, 0) is 0 Å². The van der Waals surface area contributed by atoms with E-state index in [1.165, 1.54) is 19.2 Å². The first-order valence-corrected chi connectivity index (χ1v) is 7.76. The number of benzene rings is 2. The summed E-state index contributed by atoms with van der Waals surface area (Å²) < 4.78 is 18.9. The fourth-order valence-electron chi connectivity index (χ4n) is 2.85. The van der Waals surface area contributed by atoms with Crippen molar-refractivity contribution in [3.8, 4) is 11.5 Å². The maximum Gasteiger partial charge on any atom is 0.257 e. The predicted octanol–water partition coefficient (Wildman–Crippen LogP) is 2.50. The monoisotopic (exact) mass is 330 g/mol. The van der Waals surface area contributed by atoms with E-state index < -0.39 is 0 Å². The van der Waals surface area contributed by atoms with Gasteiger partial charge in [0.05, 0.1) is 18.4 Å². The summed E-state index contributed by atoms with van der Waals surface area (Å²) in [4.78, 5) is 16.2. The number of amides is 1. The third-order valence-electron chi connectivity index (χ3n) is 4.20. The molecule has 0 bridgehead atoms. The number of nitrogens with zero attached hydrogens (tertiary/aromatic N) is 2. The van der Waals surface area contributed by atoms with Crippen molar-refractivity contribution in [2.45, 2.75) is 0 Å². The lowest BCUT2D eigenvalue weighted by atomic mass is 10.1. The molecule has 1 heterocycles. The molecule has 1 N–H and O–H groups in total. The van der Waals surface area contributed by atoms with Gasteiger partial charge in [0.25, 0.3) is 5.91 Å². The van der Waals surface area contributed by atoms with Crippen LogP contribution in [0.3, 0.4) is 0 Å². The third-order valence-corrected chi connectivity index (χ3v) is 4.20. The smallest absolute Gasteiger partial charge is 0.257 e. The summed E-state index contributed by atoms with van der Waals surface area (Å²) in [7, 11) is 1.50. The van der Waals surface area contributed by atoms with Crippen molar-refractivity contribution in [3.05, 3.63) is 53.8 Å². The molecule has 24 heavy (non-hydrogen) atoms. The van der Waals surface area contributed by atoms with Gasteiger partial charge in [-0.25, -0.2) is 4.39 Å². The summed E-state index contributed by atoms with van der Waals surface area (Å²) in [5.74, 6) is -0.0993. The van der Waals surface area contributed by atoms with E-state index in [0.29, 0.717) is 37.6 Å². The van der Waals surface area contributed by atoms with Gasteiger partial charge < -0.3 is 19.6 Å². The molecule has 0 radical (unpaired) electrons. The second kappa shape index (κ2) is 6.78. The normalized spacial score (nSPS) is 14.6. The third kappa shape index (κ3) is 3.13. The molecule has 0 unspecified atom stereocenters. The number of rotatable bonds is 3. The first-order chi connectivity index (χ1) is 11.6. The highest BCUT2D eigenvalue weighted by Gasteiger charge is 2.25. The number of aromatic hydroxyl groups is 1. The molecule has 1 saturated heterocycles. The molecule has 1 aliphatic heterocycles. The van der Waals surface area contributed by atoms with Gasteiger partial charge >= 0.3 is 0 Å². The van der Waals surface area contributed by atoms with Crippen LogP contribution in [-0.4, -0.2) is 49.2 Å². The summed E-state index contributed by atoms with van der Waals surface area (Å²) in [5.41, 5.74) is 0.798. The molecule has 126 valence electrons. The van der Waals surface area contributed by atoms with Crippen molar-refractivity contribution in [3.63, 3.8) is 0 Å². The van der Waals surface area contributed by atoms with Crippen molar-refractivity contribution in [2.24, 2.45) is 0 Å². The summed E-state index contributed by atoms with van der Waals surface area (Å²) in [6, 6.07) is 11.2. The van der Waals surface area contributed by atoms with E-state index >= 15 is 0 Å². The average molecular weight is 330 g/mol. The fraction of sp³-hybridized carbons (Fsp3) is 0.278. The number of hydrogen-bond donors (Lipinski definition) is 1. The van der Waals surface area contributed by atoms with Crippen molar-refractivity contribution in [2.75, 3.05) is 38.2 Å². The van der Waals surface area contributed by atoms with Gasteiger partial charge in [0.15, 0.2) is 0 Å². The Morgan fingerprint density at radius 1 is 1.12 bits per heavy atom. The minimum absolute atomic E-state index is 0.101. The summed E-state index contributed by atoms with van der Waals surface area (Å²) in [6.07, 6.45) is 0. The molecule has 1 fully saturated rings. The quantitative estimate of drug-likeness (QED) is 0.939. The maximum atomic E-state index is 13.9. The molecule has 0 saturated carbocycles. The second-order valence-electron chi connectivity index (χ2n) is 5.61. The van der Waals surface area contributed by atoms with E-state index in [1.807, 2.05) is 4.90 Å². The van der Waals surface area contributed by atoms with Gasteiger partial charge in [-0.3, -0.25) is 4.79 Å². The Bertz CT molecular complexity index is 743. The van der Waals surface area contributed by atoms with Crippen LogP contribution in [0.2, 0.25) is 0 Å². The Kier molecular flexibility index (Phi) is 4.55. The fourth-order valence-corrected chi connectivity index (χ4v) is 2.85. The molecule has 1 aliphatic rings. The highest BCUT2D eigenvalue weighted by atomic mass is 19.1. The number of para-hydroxylation sites is 1. The Morgan fingerprint density at radius 2 is 1.83 bits per heavy atom. The molecule has 0 atom stereocenters. The number of carbonyl (C=O) groups is 1. The van der Waals surface area contributed by atoms with Gasteiger partial charge in [-0.05, 0) is 24.3 Å². The SMILES string of the molecule is COc1ccc(C(=O)N2CCN(c3ccccc3F)CC2)c(O)c1. The zero-order valence-electron chi connectivity index (χ0n) is 13.4. The first-order valence-electron chi connectivity index (χ1n) is 7.76. The van der Waals surface area contributed by atoms with E-state index in [9.17, 15) is 14.3 Å². The molecule has 1 amide bonds. The first kappa shape index (κ1) is 16.1. The summed E-state index contributed by atoms with van der Waals surface area (Å²) in [5, 5.41) is 10.0. The lowest BCUT2D eigenvalue weighted by Gasteiger charge is -2.36. The molecular formula is C18H19FN2O3. The Balaban J connectivity index is 1.68. The lowest BCUT2D eigenvalue weighted by molar-refractivity contribution is 0.0743. The van der Waals surface area contributed by atoms with Gasteiger partial charge in [0.2, 0.25) is 0 Å². The molecule has 0 aromatic heterocycles. The van der Waals surface area contributed by atoms with Gasteiger partial charge in [-0.2, -0.15) is 0 Å². The second-order valence-corrected chi connectivity index (χ2v) is 5.61. The number of carbonyl (C=O) groups excluding carboxylic acids is 1. The molecule has 0 spiro atoms. The number of piperazine rings is 1. The minimum atomic E-state index is -0.259. The Hall–Kier alpha value is -2.76. The Morgan fingerprint density at radius 3 is 2.46 bits per heavy atom. The molecule has 6 heteroatoms. The van der Waals surface area contributed by atoms with Crippen LogP contribution in [0.4, 0.5) is 10.1 Å². The number of methoxy groups -OCH3 is 1. The number of phenols is 1. The van der Waals surface area contributed by atoms with Gasteiger partial charge in [-0.1, -0.05) is 12.1 Å². The number of hydrogen-bond acceptors (Lipinski definition) is 4. The summed E-state index contributed by atoms with van der Waals surface area (Å²) in [6.45, 7) is 2.03. The zero-order valence-corrected chi connectivity index (χ0v) is 13.4. The van der Waals surface area contributed by atoms with E-state index in [-0.39, 0.29) is 23.0 Å². The molecule has 5 nitrogen and oxygen atoms in total. The molecular weight excluding hydrogens is 311 g/mol. The lowest BCUT2D eigenvalue weighted by Crippen LogP contribution is -2.49. The number of halogens is 1. The van der Waals surface area contributed by atoms with Crippen LogP contribution in [0.25, 0.3) is 0 Å². The van der Waals surface area contributed by atoms with Gasteiger partial charge in [0, 0.05) is 32.2 Å². The highest BCUT2D eigenvalue weighted by molar-refractivity contribution is 5.97. The van der Waals surface area contributed by atoms with E-state index in [0.717, 1.165) is 0 Å². The zero-order chi connectivity index (χ0) is 17.1. The largest absolute Gasteiger partial charge is 0.507 e. The topological polar surface area (TPSA) is 53.0 Å². The standard InChI is InChI=1S/C18H19FN2O3/c1-24-13-6-7-14(17(22)12-13)18(23)21-10-8-20(9-11-21)16-5-3-2-4-15(16)19/h2-7,12,22H,8-11H2,1H3. The van der Waals surface area contributed by atoms with Gasteiger partial charge in [-0.15, -0.1) is 0 Å². The molecule has 0 aliphatic carbocycles. The Labute approximate surface area is 139 Å². The maximum absolute atomic E-state index is 13.9. The molecule has 2 aromatic rings. The highest BCUT2D eigenvalue weighted by Crippen LogP contribution is 2.26. The van der Waals surface area contributed by atoms with Gasteiger partial charge in [0.1, 0.15) is 17.3 Å². The van der Waals surface area contributed by atoms with Crippen molar-refractivity contribution in [1.29, 1.82) is 0 Å². The number of anilines is 1. The van der Waals surface area contributed by atoms with Crippen LogP contribution >= 0.6 is 0 Å². The van der Waals surface area contributed by atoms with E-state index in [2.05, 4.69) is 0 Å². The minimum Gasteiger partial charge on any atom is -0.507 e. The average Bonchev–Trinajstić information content (AvgIpc) is 2.61. The predicted molar refractivity (Wildman–Crippen MR) is 89.2 cm³/mol. The van der Waals surface area contributed by atoms with Crippen molar-refractivity contribution < 1.29 is 19.0 Å². The number of ether oxygens (including phenoxy) is 1. The van der Waals surface area contributed by atoms with Crippen LogP contribution in [0.15, 0.2) is 42.5 Å². The van der Waals surface area contributed by atoms with Crippen LogP contribution < -0.4 is 9.64 Å². The molecule has 2 aromatic carbocycles. The van der Waals surface area contributed by atoms with E-state index in [4.69, 9.17) is 4.74 Å². The number of phenolic OH excluding ortho intramolecular Hbond substituents is 1. The van der Waals surface area contributed by atoms with Crippen molar-refractivity contribution >= 4 is 11.6 Å². The summed E-state index contributed by atoms with van der Waals surface area (Å²) >= 11 is 0. The van der Waals surface area contributed by atoms with Crippen LogP contribution in [0.5, 0.6) is 11.5 Å². The van der Waals surface area contributed by atoms with Crippen LogP contribution in [0, 0.1) is 5.82 Å². The van der Waals surface area contributed by atoms with Crippen LogP contribution in [0.1, 0.15) is 10.4 Å².